The van der Waals surface area contributed by atoms with Gasteiger partial charge < -0.3 is 10.4 Å². The van der Waals surface area contributed by atoms with Gasteiger partial charge in [0.25, 0.3) is 0 Å². The third-order valence-corrected chi connectivity index (χ3v) is 4.20. The number of hydrogen-bond acceptors (Lipinski definition) is 4. The molecule has 1 fully saturated rings. The quantitative estimate of drug-likeness (QED) is 0.849. The number of anilines is 1. The van der Waals surface area contributed by atoms with Crippen molar-refractivity contribution in [1.82, 2.24) is 4.37 Å². The monoisotopic (exact) mass is 240 g/mol. The molecule has 2 N–H and O–H groups in total. The van der Waals surface area contributed by atoms with Gasteiger partial charge in [-0.15, -0.1) is 0 Å². The number of rotatable bonds is 4. The van der Waals surface area contributed by atoms with Crippen LogP contribution >= 0.6 is 11.5 Å². The van der Waals surface area contributed by atoms with Gasteiger partial charge in [0.2, 0.25) is 0 Å². The first-order chi connectivity index (χ1) is 7.42. The van der Waals surface area contributed by atoms with Crippen LogP contribution in [-0.4, -0.2) is 22.0 Å². The lowest BCUT2D eigenvalue weighted by atomic mass is 10.1. The zero-order valence-corrected chi connectivity index (χ0v) is 10.5. The molecular weight excluding hydrogens is 224 g/mol. The number of carboxylic acids is 1. The highest BCUT2D eigenvalue weighted by atomic mass is 32.1. The summed E-state index contributed by atoms with van der Waals surface area (Å²) in [6.45, 7) is 7.03. The molecule has 5 heteroatoms. The summed E-state index contributed by atoms with van der Waals surface area (Å²) in [6, 6.07) is 0. The lowest BCUT2D eigenvalue weighted by Crippen LogP contribution is -2.09. The highest BCUT2D eigenvalue weighted by molar-refractivity contribution is 7.10. The Kier molecular flexibility index (Phi) is 2.66. The Morgan fingerprint density at radius 2 is 2.31 bits per heavy atom. The highest BCUT2D eigenvalue weighted by Gasteiger charge is 2.45. The smallest absolute Gasteiger partial charge is 0.340 e. The van der Waals surface area contributed by atoms with Crippen LogP contribution in [0, 0.1) is 18.3 Å². The molecule has 1 unspecified atom stereocenters. The summed E-state index contributed by atoms with van der Waals surface area (Å²) < 4.78 is 4.07. The fraction of sp³-hybridized carbons (Fsp3) is 0.636. The van der Waals surface area contributed by atoms with Crippen LogP contribution in [0.1, 0.15) is 36.3 Å². The maximum absolute atomic E-state index is 11.0. The van der Waals surface area contributed by atoms with Crippen molar-refractivity contribution in [3.05, 3.63) is 11.3 Å². The first-order valence-corrected chi connectivity index (χ1v) is 6.12. The predicted octanol–water partition coefficient (Wildman–Crippen LogP) is 2.61. The molecule has 1 aromatic heterocycles. The van der Waals surface area contributed by atoms with Gasteiger partial charge in [-0.25, -0.2) is 4.79 Å². The van der Waals surface area contributed by atoms with Gasteiger partial charge in [0, 0.05) is 6.54 Å². The number of carboxylic acid groups (broad SMARTS) is 1. The topological polar surface area (TPSA) is 62.2 Å². The highest BCUT2D eigenvalue weighted by Crippen LogP contribution is 2.51. The van der Waals surface area contributed by atoms with Gasteiger partial charge in [-0.05, 0) is 36.2 Å². The SMILES string of the molecule is Cc1nsc(NCC2CC2(C)C)c1C(=O)O. The largest absolute Gasteiger partial charge is 0.478 e. The summed E-state index contributed by atoms with van der Waals surface area (Å²) in [5.41, 5.74) is 1.33. The Bertz CT molecular complexity index is 426. The molecule has 1 aliphatic rings. The number of aryl methyl sites for hydroxylation is 1. The van der Waals surface area contributed by atoms with Crippen LogP contribution in [-0.2, 0) is 0 Å². The molecule has 0 aromatic carbocycles. The zero-order chi connectivity index (χ0) is 11.9. The van der Waals surface area contributed by atoms with E-state index in [1.807, 2.05) is 0 Å². The van der Waals surface area contributed by atoms with Crippen molar-refractivity contribution < 1.29 is 9.90 Å². The van der Waals surface area contributed by atoms with Gasteiger partial charge in [-0.2, -0.15) is 4.37 Å². The van der Waals surface area contributed by atoms with Crippen molar-refractivity contribution >= 4 is 22.5 Å². The third kappa shape index (κ3) is 2.04. The van der Waals surface area contributed by atoms with Crippen molar-refractivity contribution in [2.45, 2.75) is 27.2 Å². The molecule has 1 atom stereocenters. The van der Waals surface area contributed by atoms with E-state index in [4.69, 9.17) is 5.11 Å². The predicted molar refractivity (Wildman–Crippen MR) is 64.2 cm³/mol. The average Bonchev–Trinajstić information content (AvgIpc) is 2.61. The number of carbonyl (C=O) groups is 1. The van der Waals surface area contributed by atoms with E-state index in [-0.39, 0.29) is 0 Å². The number of nitrogens with one attached hydrogen (secondary N) is 1. The van der Waals surface area contributed by atoms with Crippen LogP contribution in [0.3, 0.4) is 0 Å². The van der Waals surface area contributed by atoms with Gasteiger partial charge in [-0.1, -0.05) is 13.8 Å². The van der Waals surface area contributed by atoms with E-state index in [2.05, 4.69) is 23.5 Å². The standard InChI is InChI=1S/C11H16N2O2S/c1-6-8(10(14)15)9(16-13-6)12-5-7-4-11(7,2)3/h7,12H,4-5H2,1-3H3,(H,14,15). The van der Waals surface area contributed by atoms with E-state index >= 15 is 0 Å². The van der Waals surface area contributed by atoms with Gasteiger partial charge in [-0.3, -0.25) is 0 Å². The van der Waals surface area contributed by atoms with Gasteiger partial charge in [0.1, 0.15) is 10.6 Å². The van der Waals surface area contributed by atoms with E-state index in [0.29, 0.717) is 27.6 Å². The molecule has 0 aliphatic heterocycles. The van der Waals surface area contributed by atoms with Crippen LogP contribution in [0.2, 0.25) is 0 Å². The summed E-state index contributed by atoms with van der Waals surface area (Å²) in [7, 11) is 0. The van der Waals surface area contributed by atoms with Crippen LogP contribution in [0.15, 0.2) is 0 Å². The molecule has 88 valence electrons. The van der Waals surface area contributed by atoms with Crippen LogP contribution < -0.4 is 5.32 Å². The molecule has 0 saturated heterocycles. The van der Waals surface area contributed by atoms with Crippen LogP contribution in [0.5, 0.6) is 0 Å². The summed E-state index contributed by atoms with van der Waals surface area (Å²) >= 11 is 1.23. The minimum Gasteiger partial charge on any atom is -0.478 e. The summed E-state index contributed by atoms with van der Waals surface area (Å²) in [5.74, 6) is -0.250. The second kappa shape index (κ2) is 3.73. The van der Waals surface area contributed by atoms with E-state index in [0.717, 1.165) is 6.54 Å². The van der Waals surface area contributed by atoms with Crippen molar-refractivity contribution in [3.63, 3.8) is 0 Å². The Morgan fingerprint density at radius 3 is 2.81 bits per heavy atom. The maximum atomic E-state index is 11.0. The maximum Gasteiger partial charge on any atom is 0.340 e. The number of nitrogens with zero attached hydrogens (tertiary/aromatic N) is 1. The molecule has 0 spiro atoms. The summed E-state index contributed by atoms with van der Waals surface area (Å²) in [4.78, 5) is 11.0. The fourth-order valence-corrected chi connectivity index (χ4v) is 2.68. The molecule has 1 aromatic rings. The summed E-state index contributed by atoms with van der Waals surface area (Å²) in [6.07, 6.45) is 1.21. The van der Waals surface area contributed by atoms with E-state index in [1.54, 1.807) is 6.92 Å². The number of aromatic nitrogens is 1. The third-order valence-electron chi connectivity index (χ3n) is 3.30. The Hall–Kier alpha value is -1.10. The molecule has 2 rings (SSSR count). The normalized spacial score (nSPS) is 21.8. The van der Waals surface area contributed by atoms with E-state index in [1.165, 1.54) is 18.0 Å². The van der Waals surface area contributed by atoms with Gasteiger partial charge in [0.15, 0.2) is 0 Å². The molecule has 1 saturated carbocycles. The first kappa shape index (κ1) is 11.4. The molecule has 4 nitrogen and oxygen atoms in total. The second-order valence-electron chi connectivity index (χ2n) is 5.05. The van der Waals surface area contributed by atoms with Crippen LogP contribution in [0.4, 0.5) is 5.00 Å². The summed E-state index contributed by atoms with van der Waals surface area (Å²) in [5, 5.41) is 12.9. The molecule has 0 radical (unpaired) electrons. The molecular formula is C11H16N2O2S. The van der Waals surface area contributed by atoms with Crippen molar-refractivity contribution in [1.29, 1.82) is 0 Å². The molecule has 0 bridgehead atoms. The average molecular weight is 240 g/mol. The fourth-order valence-electron chi connectivity index (χ4n) is 1.88. The first-order valence-electron chi connectivity index (χ1n) is 5.35. The number of aromatic carboxylic acids is 1. The van der Waals surface area contributed by atoms with Crippen molar-refractivity contribution in [2.24, 2.45) is 11.3 Å². The Balaban J connectivity index is 2.02. The zero-order valence-electron chi connectivity index (χ0n) is 9.70. The lowest BCUT2D eigenvalue weighted by molar-refractivity contribution is 0.0697. The molecule has 1 aliphatic carbocycles. The molecule has 1 heterocycles. The van der Waals surface area contributed by atoms with E-state index in [9.17, 15) is 4.79 Å². The van der Waals surface area contributed by atoms with Crippen molar-refractivity contribution in [3.8, 4) is 0 Å². The Morgan fingerprint density at radius 1 is 1.69 bits per heavy atom. The minimum atomic E-state index is -0.899. The molecule has 0 amide bonds. The van der Waals surface area contributed by atoms with Gasteiger partial charge in [0.05, 0.1) is 5.69 Å². The molecule has 16 heavy (non-hydrogen) atoms. The second-order valence-corrected chi connectivity index (χ2v) is 5.82. The Labute approximate surface area is 98.9 Å². The van der Waals surface area contributed by atoms with Crippen LogP contribution in [0.25, 0.3) is 0 Å². The number of hydrogen-bond donors (Lipinski definition) is 2. The van der Waals surface area contributed by atoms with Gasteiger partial charge >= 0.3 is 5.97 Å². The lowest BCUT2D eigenvalue weighted by Gasteiger charge is -2.06. The minimum absolute atomic E-state index is 0.323. The van der Waals surface area contributed by atoms with Crippen molar-refractivity contribution in [2.75, 3.05) is 11.9 Å². The van der Waals surface area contributed by atoms with E-state index < -0.39 is 5.97 Å².